The van der Waals surface area contributed by atoms with Crippen LogP contribution in [0.15, 0.2) is 24.6 Å². The Balaban J connectivity index is 2.93. The lowest BCUT2D eigenvalue weighted by Gasteiger charge is -1.94. The summed E-state index contributed by atoms with van der Waals surface area (Å²) in [6, 6.07) is 0. The molecule has 46 valence electrons. The van der Waals surface area contributed by atoms with E-state index >= 15 is 0 Å². The molecule has 0 amide bonds. The van der Waals surface area contributed by atoms with Crippen molar-refractivity contribution in [3.63, 3.8) is 0 Å². The van der Waals surface area contributed by atoms with Gasteiger partial charge in [-0.1, -0.05) is 12.2 Å². The summed E-state index contributed by atoms with van der Waals surface area (Å²) in [5.74, 6) is 0. The molecule has 2 N–H and O–H groups in total. The zero-order valence-corrected chi connectivity index (χ0v) is 5.31. The van der Waals surface area contributed by atoms with Gasteiger partial charge in [0, 0.05) is 12.4 Å². The van der Waals surface area contributed by atoms with Crippen LogP contribution in [0.5, 0.6) is 0 Å². The molecule has 0 atom stereocenters. The largest absolute Gasteiger partial charge is 0.309 e. The van der Waals surface area contributed by atoms with Gasteiger partial charge in [-0.25, -0.2) is 0 Å². The van der Waals surface area contributed by atoms with Crippen molar-refractivity contribution in [2.45, 2.75) is 13.8 Å². The van der Waals surface area contributed by atoms with Gasteiger partial charge in [-0.15, -0.1) is 0 Å². The molecular weight excluding hydrogens is 100 g/mol. The maximum absolute atomic E-state index is 2.82. The van der Waals surface area contributed by atoms with Gasteiger partial charge in [0.15, 0.2) is 0 Å². The van der Waals surface area contributed by atoms with Crippen LogP contribution >= 0.6 is 0 Å². The third-order valence-electron chi connectivity index (χ3n) is 0.583. The molecular formula is C6H12N2. The molecule has 8 heavy (non-hydrogen) atoms. The predicted molar refractivity (Wildman–Crippen MR) is 35.9 cm³/mol. The van der Waals surface area contributed by atoms with Gasteiger partial charge in [-0.3, -0.25) is 0 Å². The Bertz CT molecular complexity index is 72.5. The lowest BCUT2D eigenvalue weighted by Crippen LogP contribution is -2.19. The molecule has 0 spiro atoms. The zero-order valence-electron chi connectivity index (χ0n) is 5.31. The van der Waals surface area contributed by atoms with Gasteiger partial charge in [-0.05, 0) is 13.8 Å². The van der Waals surface area contributed by atoms with E-state index in [0.717, 1.165) is 0 Å². The van der Waals surface area contributed by atoms with Gasteiger partial charge in [0.25, 0.3) is 0 Å². The van der Waals surface area contributed by atoms with Crippen molar-refractivity contribution < 1.29 is 0 Å². The van der Waals surface area contributed by atoms with Crippen LogP contribution < -0.4 is 10.9 Å². The highest BCUT2D eigenvalue weighted by atomic mass is 15.3. The number of hydrogen-bond acceptors (Lipinski definition) is 2. The number of rotatable bonds is 3. The highest BCUT2D eigenvalue weighted by molar-refractivity contribution is 4.77. The SMILES string of the molecule is C/C=C\NN/C=C/C. The van der Waals surface area contributed by atoms with Crippen molar-refractivity contribution in [3.05, 3.63) is 24.6 Å². The Hall–Kier alpha value is -0.920. The zero-order chi connectivity index (χ0) is 6.24. The van der Waals surface area contributed by atoms with E-state index in [1.807, 2.05) is 38.4 Å². The maximum Gasteiger partial charge on any atom is 0.0135 e. The van der Waals surface area contributed by atoms with Crippen molar-refractivity contribution in [2.24, 2.45) is 0 Å². The van der Waals surface area contributed by atoms with Gasteiger partial charge in [0.1, 0.15) is 0 Å². The van der Waals surface area contributed by atoms with Gasteiger partial charge < -0.3 is 10.9 Å². The summed E-state index contributed by atoms with van der Waals surface area (Å²) in [4.78, 5) is 0. The average molecular weight is 112 g/mol. The molecule has 0 saturated heterocycles. The fourth-order valence-corrected chi connectivity index (χ4v) is 0.263. The first-order valence-corrected chi connectivity index (χ1v) is 2.65. The highest BCUT2D eigenvalue weighted by Gasteiger charge is 1.60. The summed E-state index contributed by atoms with van der Waals surface area (Å²) < 4.78 is 0. The van der Waals surface area contributed by atoms with Crippen molar-refractivity contribution in [1.29, 1.82) is 0 Å². The van der Waals surface area contributed by atoms with Gasteiger partial charge in [0.2, 0.25) is 0 Å². The molecule has 2 nitrogen and oxygen atoms in total. The molecule has 0 rings (SSSR count). The van der Waals surface area contributed by atoms with Crippen LogP contribution in [-0.4, -0.2) is 0 Å². The standard InChI is InChI=1S/C6H12N2/c1-3-5-7-8-6-4-2/h3-8H,1-2H3/b5-3-,6-4+. The summed E-state index contributed by atoms with van der Waals surface area (Å²) in [5, 5.41) is 0. The molecule has 0 aliphatic rings. The molecule has 0 aliphatic heterocycles. The minimum atomic E-state index is 1.82. The Labute approximate surface area is 50.3 Å². The van der Waals surface area contributed by atoms with E-state index < -0.39 is 0 Å². The molecule has 0 bridgehead atoms. The molecule has 0 aromatic carbocycles. The van der Waals surface area contributed by atoms with Crippen molar-refractivity contribution >= 4 is 0 Å². The van der Waals surface area contributed by atoms with Gasteiger partial charge in [-0.2, -0.15) is 0 Å². The third-order valence-corrected chi connectivity index (χ3v) is 0.583. The van der Waals surface area contributed by atoms with Crippen LogP contribution in [-0.2, 0) is 0 Å². The molecule has 0 radical (unpaired) electrons. The topological polar surface area (TPSA) is 24.1 Å². The second-order valence-corrected chi connectivity index (χ2v) is 1.29. The quantitative estimate of drug-likeness (QED) is 0.422. The van der Waals surface area contributed by atoms with E-state index in [1.165, 1.54) is 0 Å². The first kappa shape index (κ1) is 7.08. The van der Waals surface area contributed by atoms with Crippen LogP contribution in [0.4, 0.5) is 0 Å². The van der Waals surface area contributed by atoms with Crippen molar-refractivity contribution in [1.82, 2.24) is 10.9 Å². The predicted octanol–water partition coefficient (Wildman–Crippen LogP) is 1.15. The second-order valence-electron chi connectivity index (χ2n) is 1.29. The molecule has 0 aromatic rings. The molecule has 0 aromatic heterocycles. The van der Waals surface area contributed by atoms with Gasteiger partial charge in [0.05, 0.1) is 0 Å². The normalized spacial score (nSPS) is 10.8. The van der Waals surface area contributed by atoms with Crippen LogP contribution in [0.2, 0.25) is 0 Å². The molecule has 0 saturated carbocycles. The van der Waals surface area contributed by atoms with E-state index in [4.69, 9.17) is 0 Å². The molecule has 0 heterocycles. The number of hydrogen-bond donors (Lipinski definition) is 2. The summed E-state index contributed by atoms with van der Waals surface area (Å²) in [6.45, 7) is 3.90. The Morgan fingerprint density at radius 2 is 1.25 bits per heavy atom. The van der Waals surface area contributed by atoms with Gasteiger partial charge >= 0.3 is 0 Å². The smallest absolute Gasteiger partial charge is 0.0135 e. The summed E-state index contributed by atoms with van der Waals surface area (Å²) in [6.07, 6.45) is 7.47. The van der Waals surface area contributed by atoms with Crippen LogP contribution in [0.3, 0.4) is 0 Å². The fraction of sp³-hybridized carbons (Fsp3) is 0.333. The number of nitrogens with one attached hydrogen (secondary N) is 2. The molecule has 0 unspecified atom stereocenters. The number of allylic oxidation sites excluding steroid dienone is 2. The van der Waals surface area contributed by atoms with E-state index in [2.05, 4.69) is 10.9 Å². The van der Waals surface area contributed by atoms with Crippen LogP contribution in [0.25, 0.3) is 0 Å². The fourth-order valence-electron chi connectivity index (χ4n) is 0.263. The lowest BCUT2D eigenvalue weighted by atomic mass is 10.7. The summed E-state index contributed by atoms with van der Waals surface area (Å²) in [5.41, 5.74) is 5.64. The second kappa shape index (κ2) is 6.08. The molecule has 2 heteroatoms. The Kier molecular flexibility index (Phi) is 5.38. The van der Waals surface area contributed by atoms with Crippen LogP contribution in [0, 0.1) is 0 Å². The third kappa shape index (κ3) is 5.08. The molecule has 0 aliphatic carbocycles. The summed E-state index contributed by atoms with van der Waals surface area (Å²) in [7, 11) is 0. The summed E-state index contributed by atoms with van der Waals surface area (Å²) >= 11 is 0. The molecule has 0 fully saturated rings. The Morgan fingerprint density at radius 3 is 1.50 bits per heavy atom. The van der Waals surface area contributed by atoms with Crippen molar-refractivity contribution in [3.8, 4) is 0 Å². The average Bonchev–Trinajstić information content (AvgIpc) is 1.81. The first-order valence-electron chi connectivity index (χ1n) is 2.65. The Morgan fingerprint density at radius 1 is 0.875 bits per heavy atom. The van der Waals surface area contributed by atoms with E-state index in [9.17, 15) is 0 Å². The first-order chi connectivity index (χ1) is 3.91. The van der Waals surface area contributed by atoms with E-state index in [1.54, 1.807) is 0 Å². The minimum Gasteiger partial charge on any atom is -0.309 e. The highest BCUT2D eigenvalue weighted by Crippen LogP contribution is 1.60. The van der Waals surface area contributed by atoms with Crippen LogP contribution in [0.1, 0.15) is 13.8 Å². The van der Waals surface area contributed by atoms with Crippen molar-refractivity contribution in [2.75, 3.05) is 0 Å². The van der Waals surface area contributed by atoms with E-state index in [0.29, 0.717) is 0 Å². The lowest BCUT2D eigenvalue weighted by molar-refractivity contribution is 0.775. The monoisotopic (exact) mass is 112 g/mol. The maximum atomic E-state index is 2.82. The number of hydrazine groups is 1. The minimum absolute atomic E-state index is 1.82. The van der Waals surface area contributed by atoms with E-state index in [-0.39, 0.29) is 0 Å².